The van der Waals surface area contributed by atoms with E-state index in [4.69, 9.17) is 0 Å². The Morgan fingerprint density at radius 2 is 2.00 bits per heavy atom. The van der Waals surface area contributed by atoms with Crippen LogP contribution in [0.25, 0.3) is 0 Å². The van der Waals surface area contributed by atoms with Crippen LogP contribution in [0.2, 0.25) is 0 Å². The van der Waals surface area contributed by atoms with Crippen molar-refractivity contribution in [3.63, 3.8) is 0 Å². The van der Waals surface area contributed by atoms with E-state index in [2.05, 4.69) is 11.4 Å². The van der Waals surface area contributed by atoms with Gasteiger partial charge in [-0.05, 0) is 25.2 Å². The third-order valence-corrected chi connectivity index (χ3v) is 6.07. The zero-order valence-electron chi connectivity index (χ0n) is 11.0. The molecule has 0 radical (unpaired) electrons. The summed E-state index contributed by atoms with van der Waals surface area (Å²) in [6, 6.07) is 2.18. The molecule has 1 saturated carbocycles. The molecule has 1 amide bonds. The molecule has 5 nitrogen and oxygen atoms in total. The second-order valence-corrected chi connectivity index (χ2v) is 7.96. The highest BCUT2D eigenvalue weighted by atomic mass is 32.2. The zero-order valence-corrected chi connectivity index (χ0v) is 11.8. The number of carbonyl (C=O) groups excluding carboxylic acids is 1. The summed E-state index contributed by atoms with van der Waals surface area (Å²) >= 11 is 0. The van der Waals surface area contributed by atoms with Gasteiger partial charge in [0.25, 0.3) is 0 Å². The van der Waals surface area contributed by atoms with Crippen LogP contribution in [0.1, 0.15) is 38.5 Å². The average molecular weight is 284 g/mol. The molecular weight excluding hydrogens is 264 g/mol. The molecule has 0 aromatic rings. The second-order valence-electron chi connectivity index (χ2n) is 5.73. The quantitative estimate of drug-likeness (QED) is 0.838. The van der Waals surface area contributed by atoms with Gasteiger partial charge in [0.2, 0.25) is 5.91 Å². The Hall–Kier alpha value is -1.09. The molecule has 1 atom stereocenters. The molecule has 1 unspecified atom stereocenters. The molecule has 19 heavy (non-hydrogen) atoms. The molecule has 1 aliphatic heterocycles. The SMILES string of the molecule is N#CC1(C(=O)NCC2CCS(=O)(=O)C2)CCCCC1. The van der Waals surface area contributed by atoms with Gasteiger partial charge in [-0.3, -0.25) is 4.79 Å². The van der Waals surface area contributed by atoms with Gasteiger partial charge in [0, 0.05) is 6.54 Å². The van der Waals surface area contributed by atoms with E-state index in [-0.39, 0.29) is 23.3 Å². The van der Waals surface area contributed by atoms with Crippen molar-refractivity contribution in [1.82, 2.24) is 5.32 Å². The van der Waals surface area contributed by atoms with E-state index < -0.39 is 15.3 Å². The van der Waals surface area contributed by atoms with Crippen molar-refractivity contribution in [2.45, 2.75) is 38.5 Å². The first-order valence-corrected chi connectivity index (χ1v) is 8.70. The molecule has 0 aromatic carbocycles. The number of carbonyl (C=O) groups is 1. The lowest BCUT2D eigenvalue weighted by molar-refractivity contribution is -0.129. The predicted molar refractivity (Wildman–Crippen MR) is 70.9 cm³/mol. The van der Waals surface area contributed by atoms with Gasteiger partial charge in [0.05, 0.1) is 17.6 Å². The number of hydrogen-bond acceptors (Lipinski definition) is 4. The lowest BCUT2D eigenvalue weighted by Crippen LogP contribution is -2.43. The van der Waals surface area contributed by atoms with E-state index in [1.807, 2.05) is 0 Å². The highest BCUT2D eigenvalue weighted by molar-refractivity contribution is 7.91. The molecule has 2 fully saturated rings. The number of amides is 1. The summed E-state index contributed by atoms with van der Waals surface area (Å²) < 4.78 is 22.7. The maximum Gasteiger partial charge on any atom is 0.240 e. The Kier molecular flexibility index (Phi) is 4.14. The van der Waals surface area contributed by atoms with Gasteiger partial charge in [-0.25, -0.2) is 8.42 Å². The monoisotopic (exact) mass is 284 g/mol. The molecule has 1 heterocycles. The first-order chi connectivity index (χ1) is 8.97. The maximum absolute atomic E-state index is 12.2. The van der Waals surface area contributed by atoms with Crippen LogP contribution in [0.5, 0.6) is 0 Å². The van der Waals surface area contributed by atoms with Crippen molar-refractivity contribution >= 4 is 15.7 Å². The fraction of sp³-hybridized carbons (Fsp3) is 0.846. The molecule has 0 bridgehead atoms. The van der Waals surface area contributed by atoms with Crippen LogP contribution in [-0.4, -0.2) is 32.4 Å². The Balaban J connectivity index is 1.89. The Bertz CT molecular complexity index is 487. The molecular formula is C13H20N2O3S. The van der Waals surface area contributed by atoms with Crippen LogP contribution in [-0.2, 0) is 14.6 Å². The zero-order chi connectivity index (χ0) is 13.9. The minimum Gasteiger partial charge on any atom is -0.354 e. The Morgan fingerprint density at radius 3 is 2.53 bits per heavy atom. The van der Waals surface area contributed by atoms with Gasteiger partial charge >= 0.3 is 0 Å². The Morgan fingerprint density at radius 1 is 1.32 bits per heavy atom. The standard InChI is InChI=1S/C13H20N2O3S/c14-10-13(5-2-1-3-6-13)12(16)15-8-11-4-7-19(17,18)9-11/h11H,1-9H2,(H,15,16). The fourth-order valence-electron chi connectivity index (χ4n) is 2.98. The van der Waals surface area contributed by atoms with E-state index in [0.29, 0.717) is 25.8 Å². The smallest absolute Gasteiger partial charge is 0.240 e. The van der Waals surface area contributed by atoms with Crippen molar-refractivity contribution in [2.24, 2.45) is 11.3 Å². The van der Waals surface area contributed by atoms with Crippen LogP contribution in [0.3, 0.4) is 0 Å². The van der Waals surface area contributed by atoms with Gasteiger partial charge in [0.15, 0.2) is 9.84 Å². The number of hydrogen-bond donors (Lipinski definition) is 1. The van der Waals surface area contributed by atoms with Gasteiger partial charge in [0.1, 0.15) is 5.41 Å². The van der Waals surface area contributed by atoms with E-state index >= 15 is 0 Å². The molecule has 0 aromatic heterocycles. The van der Waals surface area contributed by atoms with Crippen LogP contribution in [0.15, 0.2) is 0 Å². The largest absolute Gasteiger partial charge is 0.354 e. The average Bonchev–Trinajstić information content (AvgIpc) is 2.76. The van der Waals surface area contributed by atoms with Crippen LogP contribution in [0, 0.1) is 22.7 Å². The van der Waals surface area contributed by atoms with Gasteiger partial charge in [-0.2, -0.15) is 5.26 Å². The highest BCUT2D eigenvalue weighted by Crippen LogP contribution is 2.35. The molecule has 0 spiro atoms. The molecule has 6 heteroatoms. The van der Waals surface area contributed by atoms with Gasteiger partial charge < -0.3 is 5.32 Å². The number of rotatable bonds is 3. The van der Waals surface area contributed by atoms with Crippen LogP contribution < -0.4 is 5.32 Å². The molecule has 2 rings (SSSR count). The van der Waals surface area contributed by atoms with E-state index in [9.17, 15) is 18.5 Å². The lowest BCUT2D eigenvalue weighted by Gasteiger charge is -2.29. The summed E-state index contributed by atoms with van der Waals surface area (Å²) in [6.07, 6.45) is 4.77. The second kappa shape index (κ2) is 5.49. The molecule has 106 valence electrons. The molecule has 2 aliphatic rings. The van der Waals surface area contributed by atoms with E-state index in [0.717, 1.165) is 19.3 Å². The lowest BCUT2D eigenvalue weighted by atomic mass is 9.74. The summed E-state index contributed by atoms with van der Waals surface area (Å²) in [5.41, 5.74) is -0.879. The van der Waals surface area contributed by atoms with Gasteiger partial charge in [-0.1, -0.05) is 19.3 Å². The molecule has 1 saturated heterocycles. The summed E-state index contributed by atoms with van der Waals surface area (Å²) in [7, 11) is -2.91. The predicted octanol–water partition coefficient (Wildman–Crippen LogP) is 1.01. The van der Waals surface area contributed by atoms with E-state index in [1.165, 1.54) is 0 Å². The van der Waals surface area contributed by atoms with E-state index in [1.54, 1.807) is 0 Å². The maximum atomic E-state index is 12.2. The van der Waals surface area contributed by atoms with Crippen molar-refractivity contribution < 1.29 is 13.2 Å². The topological polar surface area (TPSA) is 87.0 Å². The number of nitrogens with zero attached hydrogens (tertiary/aromatic N) is 1. The first kappa shape index (κ1) is 14.3. The van der Waals surface area contributed by atoms with Crippen molar-refractivity contribution in [2.75, 3.05) is 18.1 Å². The van der Waals surface area contributed by atoms with Crippen molar-refractivity contribution in [3.8, 4) is 6.07 Å². The highest BCUT2D eigenvalue weighted by Gasteiger charge is 2.40. The summed E-state index contributed by atoms with van der Waals surface area (Å²) in [5, 5.41) is 12.1. The number of sulfone groups is 1. The summed E-state index contributed by atoms with van der Waals surface area (Å²) in [5.74, 6) is 0.177. The summed E-state index contributed by atoms with van der Waals surface area (Å²) in [6.45, 7) is 0.376. The normalized spacial score (nSPS) is 28.5. The van der Waals surface area contributed by atoms with Crippen LogP contribution in [0.4, 0.5) is 0 Å². The molecule has 1 aliphatic carbocycles. The number of nitriles is 1. The summed E-state index contributed by atoms with van der Waals surface area (Å²) in [4.78, 5) is 12.2. The van der Waals surface area contributed by atoms with Crippen molar-refractivity contribution in [3.05, 3.63) is 0 Å². The minimum atomic E-state index is -2.91. The fourth-order valence-corrected chi connectivity index (χ4v) is 4.85. The van der Waals surface area contributed by atoms with Crippen LogP contribution >= 0.6 is 0 Å². The number of nitrogens with one attached hydrogen (secondary N) is 1. The Labute approximate surface area is 114 Å². The molecule has 1 N–H and O–H groups in total. The third-order valence-electron chi connectivity index (χ3n) is 4.23. The van der Waals surface area contributed by atoms with Crippen molar-refractivity contribution in [1.29, 1.82) is 5.26 Å². The van der Waals surface area contributed by atoms with Gasteiger partial charge in [-0.15, -0.1) is 0 Å². The third kappa shape index (κ3) is 3.27. The first-order valence-electron chi connectivity index (χ1n) is 6.87. The minimum absolute atomic E-state index is 0.00767.